The van der Waals surface area contributed by atoms with Crippen molar-refractivity contribution in [2.24, 2.45) is 11.7 Å². The van der Waals surface area contributed by atoms with Crippen LogP contribution >= 0.6 is 11.9 Å². The third-order valence-electron chi connectivity index (χ3n) is 7.32. The summed E-state index contributed by atoms with van der Waals surface area (Å²) in [5.41, 5.74) is 13.2. The summed E-state index contributed by atoms with van der Waals surface area (Å²) in [6.45, 7) is 0. The molecular weight excluding hydrogens is 395 g/mol. The molecule has 0 saturated heterocycles. The van der Waals surface area contributed by atoms with Crippen molar-refractivity contribution in [3.63, 3.8) is 0 Å². The van der Waals surface area contributed by atoms with Gasteiger partial charge in [-0.25, -0.2) is 0 Å². The number of benzene rings is 1. The number of nitrogens with one attached hydrogen (secondary N) is 1. The maximum Gasteiger partial charge on any atom is 0.204 e. The fourth-order valence-electron chi connectivity index (χ4n) is 6.01. The van der Waals surface area contributed by atoms with E-state index in [1.54, 1.807) is 11.9 Å². The van der Waals surface area contributed by atoms with Crippen LogP contribution in [0.25, 0.3) is 0 Å². The Labute approximate surface area is 182 Å². The van der Waals surface area contributed by atoms with Gasteiger partial charge in [-0.3, -0.25) is 4.79 Å². The molecule has 4 aliphatic carbocycles. The van der Waals surface area contributed by atoms with Crippen LogP contribution in [0.5, 0.6) is 0 Å². The lowest BCUT2D eigenvalue weighted by atomic mass is 9.81. The van der Waals surface area contributed by atoms with Crippen molar-refractivity contribution < 1.29 is 14.3 Å². The van der Waals surface area contributed by atoms with E-state index in [1.165, 1.54) is 40.8 Å². The average molecular weight is 422 g/mol. The number of nitrogens with two attached hydrogens (primary N) is 1. The maximum atomic E-state index is 10.6. The number of fused-ring (bicyclic) bond motifs is 6. The highest BCUT2D eigenvalue weighted by atomic mass is 32.2. The Balaban J connectivity index is 0.000000609. The summed E-state index contributed by atoms with van der Waals surface area (Å²) in [5.74, 6) is 1.97. The van der Waals surface area contributed by atoms with Gasteiger partial charge in [-0.2, -0.15) is 0 Å². The molecule has 1 amide bonds. The fourth-order valence-corrected chi connectivity index (χ4v) is 6.78. The van der Waals surface area contributed by atoms with E-state index in [1.807, 2.05) is 0 Å². The summed E-state index contributed by atoms with van der Waals surface area (Å²) in [6, 6.07) is 2.07. The molecule has 3 atom stereocenters. The number of hydrogen-bond acceptors (Lipinski definition) is 5. The molecule has 6 rings (SSSR count). The summed E-state index contributed by atoms with van der Waals surface area (Å²) in [7, 11) is 6.50. The van der Waals surface area contributed by atoms with Crippen LogP contribution in [-0.4, -0.2) is 19.4 Å². The molecule has 1 aromatic heterocycles. The number of anilines is 1. The monoisotopic (exact) mass is 422 g/mol. The van der Waals surface area contributed by atoms with Gasteiger partial charge in [0.15, 0.2) is 5.09 Å². The largest absolute Gasteiger partial charge is 0.452 e. The molecule has 3 unspecified atom stereocenters. The Morgan fingerprint density at radius 3 is 2.43 bits per heavy atom. The van der Waals surface area contributed by atoms with Gasteiger partial charge in [-0.1, -0.05) is 5.46 Å². The first-order chi connectivity index (χ1) is 14.6. The van der Waals surface area contributed by atoms with Gasteiger partial charge in [0.1, 0.15) is 13.6 Å². The minimum absolute atomic E-state index is 0.250. The number of furan rings is 1. The molecule has 4 N–H and O–H groups in total. The number of carbonyl (C=O) groups excluding carboxylic acids is 1. The van der Waals surface area contributed by atoms with Crippen molar-refractivity contribution in [2.45, 2.75) is 74.9 Å². The Morgan fingerprint density at radius 2 is 1.77 bits per heavy atom. The van der Waals surface area contributed by atoms with Crippen molar-refractivity contribution in [2.75, 3.05) is 4.72 Å². The molecule has 7 heteroatoms. The highest BCUT2D eigenvalue weighted by molar-refractivity contribution is 8.00. The number of rotatable bonds is 3. The molecule has 2 aromatic rings. The molecule has 1 aromatic carbocycles. The summed E-state index contributed by atoms with van der Waals surface area (Å²) < 4.78 is 9.85. The quantitative estimate of drug-likeness (QED) is 0.402. The van der Waals surface area contributed by atoms with Gasteiger partial charge in [0.25, 0.3) is 0 Å². The number of aliphatic hydroxyl groups excluding tert-OH is 1. The molecule has 5 nitrogen and oxygen atoms in total. The molecule has 2 bridgehead atoms. The van der Waals surface area contributed by atoms with E-state index in [2.05, 4.69) is 16.5 Å². The summed E-state index contributed by atoms with van der Waals surface area (Å²) in [4.78, 5) is 8.58. The highest BCUT2D eigenvalue weighted by Gasteiger charge is 2.41. The second kappa shape index (κ2) is 8.01. The van der Waals surface area contributed by atoms with E-state index in [9.17, 15) is 5.11 Å². The number of carbonyl (C=O) groups is 1. The van der Waals surface area contributed by atoms with Gasteiger partial charge >= 0.3 is 0 Å². The summed E-state index contributed by atoms with van der Waals surface area (Å²) in [6.07, 6.45) is 10.1. The zero-order valence-corrected chi connectivity index (χ0v) is 17.9. The van der Waals surface area contributed by atoms with Gasteiger partial charge in [0, 0.05) is 23.4 Å². The molecule has 1 fully saturated rings. The van der Waals surface area contributed by atoms with E-state index < -0.39 is 0 Å². The molecular formula is C23H27BN2O3S. The van der Waals surface area contributed by atoms with E-state index in [-0.39, 0.29) is 12.5 Å². The molecule has 1 heterocycles. The number of aliphatic hydroxyl groups is 1. The first kappa shape index (κ1) is 20.1. The van der Waals surface area contributed by atoms with E-state index in [0.717, 1.165) is 66.8 Å². The minimum Gasteiger partial charge on any atom is -0.452 e. The molecule has 2 radical (unpaired) electrons. The zero-order valence-electron chi connectivity index (χ0n) is 17.1. The number of amides is 1. The second-order valence-corrected chi connectivity index (χ2v) is 9.66. The van der Waals surface area contributed by atoms with Crippen molar-refractivity contribution in [3.8, 4) is 0 Å². The van der Waals surface area contributed by atoms with Crippen LogP contribution in [0.1, 0.15) is 77.7 Å². The lowest BCUT2D eigenvalue weighted by molar-refractivity contribution is -0.106. The van der Waals surface area contributed by atoms with Gasteiger partial charge in [0.2, 0.25) is 6.41 Å². The third-order valence-corrected chi connectivity index (χ3v) is 8.03. The number of hydrogen-bond donors (Lipinski definition) is 3. The predicted octanol–water partition coefficient (Wildman–Crippen LogP) is 3.20. The van der Waals surface area contributed by atoms with Crippen LogP contribution < -0.4 is 15.9 Å². The van der Waals surface area contributed by atoms with Crippen LogP contribution in [0, 0.1) is 5.92 Å². The maximum absolute atomic E-state index is 10.6. The Kier molecular flexibility index (Phi) is 5.36. The van der Waals surface area contributed by atoms with E-state index in [0.29, 0.717) is 11.8 Å². The van der Waals surface area contributed by atoms with Crippen molar-refractivity contribution in [1.82, 2.24) is 0 Å². The molecule has 1 saturated carbocycles. The minimum atomic E-state index is -0.345. The molecule has 0 spiro atoms. The van der Waals surface area contributed by atoms with E-state index >= 15 is 0 Å². The topological polar surface area (TPSA) is 88.5 Å². The summed E-state index contributed by atoms with van der Waals surface area (Å²) in [5, 5.41) is 11.5. The van der Waals surface area contributed by atoms with Gasteiger partial charge in [-0.05, 0) is 92.0 Å². The molecule has 0 aliphatic heterocycles. The molecule has 4 aliphatic rings. The normalized spacial score (nSPS) is 25.2. The zero-order chi connectivity index (χ0) is 20.8. The van der Waals surface area contributed by atoms with Gasteiger partial charge in [-0.15, -0.1) is 0 Å². The van der Waals surface area contributed by atoms with Crippen LogP contribution in [-0.2, 0) is 30.5 Å². The first-order valence-electron chi connectivity index (χ1n) is 11.0. The highest BCUT2D eigenvalue weighted by Crippen LogP contribution is 2.53. The Hall–Kier alpha value is -1.86. The lowest BCUT2D eigenvalue weighted by Crippen LogP contribution is -2.18. The predicted molar refractivity (Wildman–Crippen MR) is 119 cm³/mol. The average Bonchev–Trinajstić information content (AvgIpc) is 3.52. The van der Waals surface area contributed by atoms with Crippen molar-refractivity contribution in [3.05, 3.63) is 39.6 Å². The van der Waals surface area contributed by atoms with Crippen LogP contribution in [0.15, 0.2) is 15.6 Å². The molecule has 30 heavy (non-hydrogen) atoms. The van der Waals surface area contributed by atoms with Gasteiger partial charge in [0.05, 0.1) is 11.8 Å². The number of primary amides is 1. The third kappa shape index (κ3) is 3.18. The standard InChI is InChI=1S/C22H24BNO2S.CH3NO/c23-19-13-3-1-5-15(13)20(16-6-2-4-14(16)19)24-27-18-10-17-21(25)11-7-8-12(9-11)22(17)26-18;2-1-3/h10-12,21,24-25H,1-9H2;1H,(H2,2,3). The second-order valence-electron chi connectivity index (χ2n) is 8.85. The lowest BCUT2D eigenvalue weighted by Gasteiger charge is -2.23. The Bertz CT molecular complexity index is 941. The summed E-state index contributed by atoms with van der Waals surface area (Å²) >= 11 is 1.57. The molecule has 156 valence electrons. The smallest absolute Gasteiger partial charge is 0.204 e. The fraction of sp³-hybridized carbons (Fsp3) is 0.522. The van der Waals surface area contributed by atoms with Crippen molar-refractivity contribution >= 4 is 37.4 Å². The van der Waals surface area contributed by atoms with E-state index in [4.69, 9.17) is 17.1 Å². The first-order valence-corrected chi connectivity index (χ1v) is 11.8. The Morgan fingerprint density at radius 1 is 1.13 bits per heavy atom. The SMILES string of the molecule is NC=O.[B]c1c2c(c(NSc3cc4c(o3)C3CCC(C3)C4O)c3c1CCC3)CCC2. The van der Waals surface area contributed by atoms with Crippen molar-refractivity contribution in [1.29, 1.82) is 0 Å². The van der Waals surface area contributed by atoms with Crippen LogP contribution in [0.4, 0.5) is 5.69 Å². The van der Waals surface area contributed by atoms with Crippen LogP contribution in [0.3, 0.4) is 0 Å². The van der Waals surface area contributed by atoms with Gasteiger partial charge < -0.3 is 20.0 Å². The van der Waals surface area contributed by atoms with Crippen LogP contribution in [0.2, 0.25) is 0 Å².